The van der Waals surface area contributed by atoms with E-state index in [0.717, 1.165) is 24.3 Å². The zero-order valence-electron chi connectivity index (χ0n) is 12.0. The normalized spacial score (nSPS) is 36.1. The number of nitro benzene ring substituents is 1. The minimum absolute atomic E-state index is 0.328. The van der Waals surface area contributed by atoms with Gasteiger partial charge in [0, 0.05) is 12.1 Å². The molecule has 0 radical (unpaired) electrons. The number of nitro groups is 1. The highest BCUT2D eigenvalue weighted by atomic mass is 31.2. The molecule has 1 fully saturated rings. The van der Waals surface area contributed by atoms with Gasteiger partial charge in [-0.1, -0.05) is 0 Å². The number of hydrogen-bond donors (Lipinski definition) is 6. The van der Waals surface area contributed by atoms with E-state index < -0.39 is 49.1 Å². The Kier molecular flexibility index (Phi) is 5.37. The highest BCUT2D eigenvalue weighted by Gasteiger charge is 2.51. The van der Waals surface area contributed by atoms with Crippen LogP contribution in [0.15, 0.2) is 24.3 Å². The molecule has 3 unspecified atom stereocenters. The predicted molar refractivity (Wildman–Crippen MR) is 77.5 cm³/mol. The van der Waals surface area contributed by atoms with E-state index in [4.69, 9.17) is 4.52 Å². The fourth-order valence-electron chi connectivity index (χ4n) is 2.31. The van der Waals surface area contributed by atoms with Gasteiger partial charge in [-0.15, -0.1) is 0 Å². The molecular formula is C12H16NO10P. The van der Waals surface area contributed by atoms with Gasteiger partial charge in [-0.25, -0.2) is 0 Å². The molecule has 0 aromatic heterocycles. The van der Waals surface area contributed by atoms with E-state index in [1.54, 1.807) is 0 Å². The molecule has 0 aliphatic heterocycles. The molecule has 0 bridgehead atoms. The fraction of sp³-hybridized carbons (Fsp3) is 0.500. The maximum atomic E-state index is 12.3. The van der Waals surface area contributed by atoms with Crippen molar-refractivity contribution in [1.29, 1.82) is 0 Å². The summed E-state index contributed by atoms with van der Waals surface area (Å²) in [6.45, 7) is 0. The SMILES string of the molecule is O=[N+]([O-])c1ccc(P(=O)(O)OC2[C@H](O)[C@H](O)C(O)[C@H](O)[C@H]2O)cc1. The zero-order chi connectivity index (χ0) is 18.2. The first-order valence-electron chi connectivity index (χ1n) is 6.73. The molecule has 0 heterocycles. The van der Waals surface area contributed by atoms with Crippen LogP contribution in [0.4, 0.5) is 5.69 Å². The maximum Gasteiger partial charge on any atom is 0.359 e. The quantitative estimate of drug-likeness (QED) is 0.191. The van der Waals surface area contributed by atoms with E-state index in [9.17, 15) is 45.1 Å². The number of non-ortho nitro benzene ring substituents is 1. The van der Waals surface area contributed by atoms with Crippen LogP contribution in [-0.2, 0) is 9.09 Å². The Labute approximate surface area is 135 Å². The van der Waals surface area contributed by atoms with Crippen molar-refractivity contribution in [3.8, 4) is 0 Å². The van der Waals surface area contributed by atoms with Crippen molar-refractivity contribution in [2.75, 3.05) is 0 Å². The molecule has 24 heavy (non-hydrogen) atoms. The summed E-state index contributed by atoms with van der Waals surface area (Å²) in [4.78, 5) is 19.8. The smallest absolute Gasteiger partial charge is 0.359 e. The van der Waals surface area contributed by atoms with E-state index in [0.29, 0.717) is 0 Å². The van der Waals surface area contributed by atoms with Crippen molar-refractivity contribution < 1.29 is 44.4 Å². The first-order valence-corrected chi connectivity index (χ1v) is 8.30. The third-order valence-corrected chi connectivity index (χ3v) is 5.20. The molecule has 1 aromatic rings. The summed E-state index contributed by atoms with van der Waals surface area (Å²) in [7, 11) is -4.66. The van der Waals surface area contributed by atoms with Crippen molar-refractivity contribution in [3.63, 3.8) is 0 Å². The van der Waals surface area contributed by atoms with Gasteiger partial charge in [0.05, 0.1) is 10.2 Å². The summed E-state index contributed by atoms with van der Waals surface area (Å²) in [6, 6.07) is 3.84. The maximum absolute atomic E-state index is 12.3. The molecule has 2 rings (SSSR count). The second kappa shape index (κ2) is 6.82. The molecule has 0 spiro atoms. The average molecular weight is 365 g/mol. The van der Waals surface area contributed by atoms with E-state index >= 15 is 0 Å². The largest absolute Gasteiger partial charge is 0.387 e. The Hall–Kier alpha value is -1.43. The minimum atomic E-state index is -4.66. The summed E-state index contributed by atoms with van der Waals surface area (Å²) >= 11 is 0. The lowest BCUT2D eigenvalue weighted by atomic mass is 9.85. The van der Waals surface area contributed by atoms with E-state index in [1.807, 2.05) is 0 Å². The number of aliphatic hydroxyl groups is 5. The van der Waals surface area contributed by atoms with Crippen molar-refractivity contribution in [2.24, 2.45) is 0 Å². The highest BCUT2D eigenvalue weighted by Crippen LogP contribution is 2.45. The first kappa shape index (κ1) is 18.9. The van der Waals surface area contributed by atoms with Gasteiger partial charge in [0.25, 0.3) is 5.69 Å². The van der Waals surface area contributed by atoms with Gasteiger partial charge in [0.15, 0.2) is 0 Å². The van der Waals surface area contributed by atoms with Crippen molar-refractivity contribution in [3.05, 3.63) is 34.4 Å². The summed E-state index contributed by atoms with van der Waals surface area (Å²) < 4.78 is 17.1. The Morgan fingerprint density at radius 3 is 1.75 bits per heavy atom. The van der Waals surface area contributed by atoms with Crippen molar-refractivity contribution in [2.45, 2.75) is 36.6 Å². The Bertz CT molecular complexity index is 636. The molecule has 6 N–H and O–H groups in total. The van der Waals surface area contributed by atoms with Crippen LogP contribution in [0, 0.1) is 10.1 Å². The van der Waals surface area contributed by atoms with E-state index in [1.165, 1.54) is 0 Å². The summed E-state index contributed by atoms with van der Waals surface area (Å²) in [6.07, 6.45) is -11.5. The molecule has 0 amide bonds. The summed E-state index contributed by atoms with van der Waals surface area (Å²) in [5, 5.41) is 58.4. The first-order chi connectivity index (χ1) is 11.1. The van der Waals surface area contributed by atoms with E-state index in [2.05, 4.69) is 0 Å². The lowest BCUT2D eigenvalue weighted by Gasteiger charge is -2.41. The number of nitrogens with zero attached hydrogens (tertiary/aromatic N) is 1. The molecule has 1 aliphatic rings. The van der Waals surface area contributed by atoms with Gasteiger partial charge in [0.1, 0.15) is 36.6 Å². The van der Waals surface area contributed by atoms with Gasteiger partial charge in [-0.05, 0) is 12.1 Å². The van der Waals surface area contributed by atoms with Crippen LogP contribution in [0.2, 0.25) is 0 Å². The molecule has 11 nitrogen and oxygen atoms in total. The van der Waals surface area contributed by atoms with Crippen LogP contribution in [0.3, 0.4) is 0 Å². The Balaban J connectivity index is 2.24. The number of rotatable bonds is 4. The van der Waals surface area contributed by atoms with Crippen LogP contribution in [0.5, 0.6) is 0 Å². The molecule has 1 aromatic carbocycles. The molecule has 0 saturated heterocycles. The third-order valence-electron chi connectivity index (χ3n) is 3.72. The third kappa shape index (κ3) is 3.48. The lowest BCUT2D eigenvalue weighted by molar-refractivity contribution is -0.384. The van der Waals surface area contributed by atoms with E-state index in [-0.39, 0.29) is 11.0 Å². The minimum Gasteiger partial charge on any atom is -0.387 e. The molecule has 7 atom stereocenters. The molecule has 1 aliphatic carbocycles. The van der Waals surface area contributed by atoms with Crippen LogP contribution < -0.4 is 5.30 Å². The summed E-state index contributed by atoms with van der Waals surface area (Å²) in [5.41, 5.74) is -0.328. The summed E-state index contributed by atoms with van der Waals surface area (Å²) in [5.74, 6) is 0. The van der Waals surface area contributed by atoms with Crippen LogP contribution in [-0.4, -0.2) is 72.0 Å². The van der Waals surface area contributed by atoms with Crippen LogP contribution >= 0.6 is 7.60 Å². The van der Waals surface area contributed by atoms with Gasteiger partial charge in [0.2, 0.25) is 0 Å². The number of hydrogen-bond acceptors (Lipinski definition) is 9. The molecule has 12 heteroatoms. The Morgan fingerprint density at radius 1 is 0.917 bits per heavy atom. The van der Waals surface area contributed by atoms with Gasteiger partial charge >= 0.3 is 7.60 Å². The van der Waals surface area contributed by atoms with Crippen LogP contribution in [0.25, 0.3) is 0 Å². The standard InChI is InChI=1S/C12H16NO10P/c14-7-8(15)10(17)12(11(18)9(7)16)23-24(21,22)6-3-1-5(2-4-6)13(19)20/h1-4,7-12,14-18H,(H,21,22)/t7?,8-,9+,10-,11-,12?/m1/s1. The second-order valence-corrected chi connectivity index (χ2v) is 7.08. The topological polar surface area (TPSA) is 191 Å². The van der Waals surface area contributed by atoms with Gasteiger partial charge in [-0.2, -0.15) is 0 Å². The molecular weight excluding hydrogens is 349 g/mol. The lowest BCUT2D eigenvalue weighted by Crippen LogP contribution is -2.64. The number of benzene rings is 1. The monoisotopic (exact) mass is 365 g/mol. The number of aliphatic hydroxyl groups excluding tert-OH is 5. The van der Waals surface area contributed by atoms with Crippen LogP contribution in [0.1, 0.15) is 0 Å². The second-order valence-electron chi connectivity index (χ2n) is 5.32. The van der Waals surface area contributed by atoms with Gasteiger partial charge < -0.3 is 30.4 Å². The molecule has 1 saturated carbocycles. The Morgan fingerprint density at radius 2 is 1.33 bits per heavy atom. The molecule has 134 valence electrons. The highest BCUT2D eigenvalue weighted by molar-refractivity contribution is 7.61. The van der Waals surface area contributed by atoms with Gasteiger partial charge in [-0.3, -0.25) is 19.2 Å². The van der Waals surface area contributed by atoms with Crippen molar-refractivity contribution >= 4 is 18.6 Å². The zero-order valence-corrected chi connectivity index (χ0v) is 12.9. The average Bonchev–Trinajstić information content (AvgIpc) is 2.55. The predicted octanol–water partition coefficient (Wildman–Crippen LogP) is -2.39. The fourth-order valence-corrected chi connectivity index (χ4v) is 3.54. The van der Waals surface area contributed by atoms with Crippen molar-refractivity contribution in [1.82, 2.24) is 0 Å².